The summed E-state index contributed by atoms with van der Waals surface area (Å²) >= 11 is 13.4. The van der Waals surface area contributed by atoms with Gasteiger partial charge in [-0.05, 0) is 36.2 Å². The molecule has 0 aliphatic carbocycles. The van der Waals surface area contributed by atoms with Crippen LogP contribution in [0.1, 0.15) is 27.3 Å². The molecule has 1 aliphatic rings. The van der Waals surface area contributed by atoms with Gasteiger partial charge < -0.3 is 14.7 Å². The van der Waals surface area contributed by atoms with Gasteiger partial charge in [0.05, 0.1) is 22.8 Å². The molecule has 38 heavy (non-hydrogen) atoms. The Bertz CT molecular complexity index is 1550. The maximum absolute atomic E-state index is 12.9. The van der Waals surface area contributed by atoms with Crippen molar-refractivity contribution in [3.63, 3.8) is 0 Å². The number of benzene rings is 2. The molecule has 198 valence electrons. The van der Waals surface area contributed by atoms with Crippen LogP contribution < -0.4 is 15.2 Å². The quantitative estimate of drug-likeness (QED) is 0.300. The van der Waals surface area contributed by atoms with Crippen LogP contribution in [0.4, 0.5) is 5.69 Å². The molecular weight excluding hydrogens is 547 g/mol. The number of hydrogen-bond acceptors (Lipinski definition) is 8. The molecule has 0 saturated carbocycles. The number of rotatable bonds is 8. The molecule has 0 amide bonds. The highest BCUT2D eigenvalue weighted by atomic mass is 35.5. The lowest BCUT2D eigenvalue weighted by Gasteiger charge is -2.36. The number of aromatic hydroxyl groups is 1. The van der Waals surface area contributed by atoms with E-state index in [1.807, 2.05) is 18.2 Å². The van der Waals surface area contributed by atoms with Crippen LogP contribution in [0.2, 0.25) is 10.0 Å². The number of Topliss-reactive ketones (excluding diaryl/α,β-unsaturated/α-hetero) is 1. The molecule has 0 unspecified atom stereocenters. The van der Waals surface area contributed by atoms with E-state index in [2.05, 4.69) is 20.9 Å². The molecule has 11 heteroatoms. The predicted octanol–water partition coefficient (Wildman–Crippen LogP) is 4.91. The van der Waals surface area contributed by atoms with E-state index >= 15 is 0 Å². The van der Waals surface area contributed by atoms with E-state index < -0.39 is 17.1 Å². The number of halogens is 2. The van der Waals surface area contributed by atoms with Gasteiger partial charge in [-0.3, -0.25) is 18.9 Å². The number of aromatic nitrogens is 2. The number of thiazole rings is 1. The average Bonchev–Trinajstić information content (AvgIpc) is 3.34. The number of ketones is 1. The molecule has 4 aromatic rings. The van der Waals surface area contributed by atoms with Crippen LogP contribution in [0, 0.1) is 0 Å². The van der Waals surface area contributed by atoms with E-state index in [1.165, 1.54) is 15.7 Å². The number of carbonyl (C=O) groups excluding carboxylic acids is 1. The minimum Gasteiger partial charge on any atom is -0.501 e. The summed E-state index contributed by atoms with van der Waals surface area (Å²) in [6, 6.07) is 13.2. The molecule has 3 heterocycles. The van der Waals surface area contributed by atoms with Crippen molar-refractivity contribution in [2.24, 2.45) is 0 Å². The largest absolute Gasteiger partial charge is 0.501 e. The molecule has 1 saturated heterocycles. The predicted molar refractivity (Wildman–Crippen MR) is 151 cm³/mol. The molecule has 8 nitrogen and oxygen atoms in total. The lowest BCUT2D eigenvalue weighted by Crippen LogP contribution is -2.46. The third-order valence-corrected chi connectivity index (χ3v) is 8.33. The number of hydrogen-bond donors (Lipinski definition) is 1. The first-order valence-electron chi connectivity index (χ1n) is 12.2. The summed E-state index contributed by atoms with van der Waals surface area (Å²) < 4.78 is 6.82. The molecule has 2 aromatic heterocycles. The second kappa shape index (κ2) is 11.3. The lowest BCUT2D eigenvalue weighted by atomic mass is 10.1. The standard InChI is InChI=1S/C27H26Cl2N4O4S/c1-37-23-5-3-2-4-21(23)32-12-10-31(11-13-32)15-18-16-33-26(36)25(35)24(30-27(33)38-18)22(34)9-7-17-6-8-19(28)20(29)14-17/h2-6,8,14,16,35H,7,9-13,15H2,1H3. The van der Waals surface area contributed by atoms with Gasteiger partial charge in [-0.2, -0.15) is 0 Å². The second-order valence-electron chi connectivity index (χ2n) is 9.07. The van der Waals surface area contributed by atoms with E-state index in [0.29, 0.717) is 28.0 Å². The summed E-state index contributed by atoms with van der Waals surface area (Å²) in [6.07, 6.45) is 2.15. The van der Waals surface area contributed by atoms with Crippen LogP contribution in [0.5, 0.6) is 11.5 Å². The molecular formula is C27H26Cl2N4O4S. The fourth-order valence-electron chi connectivity index (χ4n) is 4.58. The molecule has 0 spiro atoms. The van der Waals surface area contributed by atoms with Crippen molar-refractivity contribution in [1.82, 2.24) is 14.3 Å². The Morgan fingerprint density at radius 2 is 1.87 bits per heavy atom. The Kier molecular flexibility index (Phi) is 7.90. The van der Waals surface area contributed by atoms with Gasteiger partial charge in [-0.15, -0.1) is 0 Å². The molecule has 0 radical (unpaired) electrons. The first-order valence-corrected chi connectivity index (χ1v) is 13.7. The zero-order valence-electron chi connectivity index (χ0n) is 20.7. The highest BCUT2D eigenvalue weighted by Gasteiger charge is 2.23. The highest BCUT2D eigenvalue weighted by molar-refractivity contribution is 7.17. The monoisotopic (exact) mass is 572 g/mol. The molecule has 2 aromatic carbocycles. The van der Waals surface area contributed by atoms with Crippen LogP contribution >= 0.6 is 34.5 Å². The Balaban J connectivity index is 1.26. The van der Waals surface area contributed by atoms with Crippen LogP contribution in [0.3, 0.4) is 0 Å². The number of para-hydroxylation sites is 2. The zero-order valence-corrected chi connectivity index (χ0v) is 23.0. The first kappa shape index (κ1) is 26.5. The van der Waals surface area contributed by atoms with Gasteiger partial charge >= 0.3 is 5.56 Å². The van der Waals surface area contributed by atoms with Crippen LogP contribution in [-0.2, 0) is 13.0 Å². The molecule has 0 atom stereocenters. The number of carbonyl (C=O) groups is 1. The topological polar surface area (TPSA) is 87.4 Å². The minimum atomic E-state index is -0.642. The maximum Gasteiger partial charge on any atom is 0.301 e. The normalized spacial score (nSPS) is 14.2. The van der Waals surface area contributed by atoms with Gasteiger partial charge in [0.1, 0.15) is 5.75 Å². The fraction of sp³-hybridized carbons (Fsp3) is 0.296. The van der Waals surface area contributed by atoms with Gasteiger partial charge in [-0.25, -0.2) is 4.98 Å². The van der Waals surface area contributed by atoms with Crippen molar-refractivity contribution in [2.45, 2.75) is 19.4 Å². The Labute approximate surface area is 233 Å². The van der Waals surface area contributed by atoms with Gasteiger partial charge in [0.2, 0.25) is 5.75 Å². The number of methoxy groups -OCH3 is 1. The first-order chi connectivity index (χ1) is 18.3. The summed E-state index contributed by atoms with van der Waals surface area (Å²) in [7, 11) is 1.68. The SMILES string of the molecule is COc1ccccc1N1CCN(Cc2cn3c(=O)c(O)c(C(=O)CCc4ccc(Cl)c(Cl)c4)nc3s2)CC1. The van der Waals surface area contributed by atoms with Crippen molar-refractivity contribution >= 4 is 51.0 Å². The van der Waals surface area contributed by atoms with Gasteiger partial charge in [0.25, 0.3) is 0 Å². The second-order valence-corrected chi connectivity index (χ2v) is 11.0. The number of aryl methyl sites for hydroxylation is 1. The van der Waals surface area contributed by atoms with E-state index in [1.54, 1.807) is 31.5 Å². The van der Waals surface area contributed by atoms with Crippen LogP contribution in [-0.4, -0.2) is 58.5 Å². The van der Waals surface area contributed by atoms with Crippen molar-refractivity contribution in [2.75, 3.05) is 38.2 Å². The third kappa shape index (κ3) is 5.51. The number of ether oxygens (including phenoxy) is 1. The highest BCUT2D eigenvalue weighted by Crippen LogP contribution is 2.29. The number of fused-ring (bicyclic) bond motifs is 1. The Morgan fingerprint density at radius 1 is 1.11 bits per heavy atom. The van der Waals surface area contributed by atoms with Crippen LogP contribution in [0.25, 0.3) is 4.96 Å². The molecule has 0 bridgehead atoms. The lowest BCUT2D eigenvalue weighted by molar-refractivity contribution is 0.0975. The van der Waals surface area contributed by atoms with Crippen molar-refractivity contribution in [3.8, 4) is 11.5 Å². The molecule has 5 rings (SSSR count). The zero-order chi connectivity index (χ0) is 26.8. The van der Waals surface area contributed by atoms with E-state index in [0.717, 1.165) is 48.1 Å². The number of piperazine rings is 1. The van der Waals surface area contributed by atoms with E-state index in [4.69, 9.17) is 27.9 Å². The number of nitrogens with zero attached hydrogens (tertiary/aromatic N) is 4. The Morgan fingerprint density at radius 3 is 2.61 bits per heavy atom. The van der Waals surface area contributed by atoms with Gasteiger partial charge in [0, 0.05) is 50.2 Å². The molecule has 1 aliphatic heterocycles. The molecule has 1 fully saturated rings. The maximum atomic E-state index is 12.9. The fourth-order valence-corrected chi connectivity index (χ4v) is 5.91. The van der Waals surface area contributed by atoms with Crippen molar-refractivity contribution < 1.29 is 14.6 Å². The Hall–Kier alpha value is -3.11. The van der Waals surface area contributed by atoms with Crippen molar-refractivity contribution in [1.29, 1.82) is 0 Å². The average molecular weight is 574 g/mol. The van der Waals surface area contributed by atoms with E-state index in [-0.39, 0.29) is 12.1 Å². The summed E-state index contributed by atoms with van der Waals surface area (Å²) in [5.74, 6) is -0.176. The minimum absolute atomic E-state index is 0.0723. The molecule has 1 N–H and O–H groups in total. The van der Waals surface area contributed by atoms with Crippen molar-refractivity contribution in [3.05, 3.63) is 85.2 Å². The van der Waals surface area contributed by atoms with Gasteiger partial charge in [-0.1, -0.05) is 52.7 Å². The van der Waals surface area contributed by atoms with Gasteiger partial charge in [0.15, 0.2) is 16.4 Å². The summed E-state index contributed by atoms with van der Waals surface area (Å²) in [4.78, 5) is 36.0. The van der Waals surface area contributed by atoms with Crippen LogP contribution in [0.15, 0.2) is 53.5 Å². The summed E-state index contributed by atoms with van der Waals surface area (Å²) in [5.41, 5.74) is 1.07. The van der Waals surface area contributed by atoms with E-state index in [9.17, 15) is 14.7 Å². The summed E-state index contributed by atoms with van der Waals surface area (Å²) in [5, 5.41) is 11.3. The third-order valence-electron chi connectivity index (χ3n) is 6.62. The number of anilines is 1. The smallest absolute Gasteiger partial charge is 0.301 e. The summed E-state index contributed by atoms with van der Waals surface area (Å²) in [6.45, 7) is 4.04.